The first-order valence-electron chi connectivity index (χ1n) is 16.4. The summed E-state index contributed by atoms with van der Waals surface area (Å²) in [7, 11) is 0. The molecule has 0 N–H and O–H groups in total. The van der Waals surface area contributed by atoms with E-state index in [1.165, 1.54) is 0 Å². The Morgan fingerprint density at radius 2 is 1.90 bits per heavy atom. The van der Waals surface area contributed by atoms with Gasteiger partial charge in [0.25, 0.3) is 0 Å². The highest BCUT2D eigenvalue weighted by molar-refractivity contribution is 9.10. The number of pyridine rings is 2. The Kier molecular flexibility index (Phi) is 10.5. The van der Waals surface area contributed by atoms with E-state index in [0.29, 0.717) is 50.7 Å². The number of halogens is 2. The Labute approximate surface area is 295 Å². The summed E-state index contributed by atoms with van der Waals surface area (Å²) in [6, 6.07) is 11.0. The molecule has 0 spiro atoms. The number of piperazine rings is 1. The quantitative estimate of drug-likeness (QED) is 0.209. The summed E-state index contributed by atoms with van der Waals surface area (Å²) in [5, 5.41) is 0.692. The molecule has 0 unspecified atom stereocenters. The minimum absolute atomic E-state index is 0.131. The second kappa shape index (κ2) is 14.8. The van der Waals surface area contributed by atoms with Crippen LogP contribution < -0.4 is 0 Å². The van der Waals surface area contributed by atoms with Crippen molar-refractivity contribution in [2.24, 2.45) is 0 Å². The van der Waals surface area contributed by atoms with Crippen molar-refractivity contribution in [2.75, 3.05) is 26.2 Å². The summed E-state index contributed by atoms with van der Waals surface area (Å²) in [6.45, 7) is 8.29. The van der Waals surface area contributed by atoms with E-state index in [0.717, 1.165) is 45.3 Å². The van der Waals surface area contributed by atoms with Gasteiger partial charge in [0.2, 0.25) is 5.91 Å². The molecule has 3 aromatic heterocycles. The predicted octanol–water partition coefficient (Wildman–Crippen LogP) is 6.32. The van der Waals surface area contributed by atoms with E-state index in [2.05, 4.69) is 42.9 Å². The summed E-state index contributed by atoms with van der Waals surface area (Å²) in [4.78, 5) is 47.7. The monoisotopic (exact) mass is 733 g/mol. The number of benzene rings is 1. The van der Waals surface area contributed by atoms with Crippen molar-refractivity contribution >= 4 is 39.5 Å². The van der Waals surface area contributed by atoms with Crippen LogP contribution in [0.5, 0.6) is 0 Å². The number of fused-ring (bicyclic) bond motifs is 2. The molecule has 2 atom stereocenters. The largest absolute Gasteiger partial charge is 0.444 e. The fourth-order valence-corrected chi connectivity index (χ4v) is 7.20. The lowest BCUT2D eigenvalue weighted by Crippen LogP contribution is -2.62. The van der Waals surface area contributed by atoms with E-state index in [1.807, 2.05) is 66.9 Å². The van der Waals surface area contributed by atoms with Gasteiger partial charge in [-0.05, 0) is 102 Å². The molecule has 2 amide bonds. The first kappa shape index (κ1) is 34.1. The van der Waals surface area contributed by atoms with Crippen LogP contribution in [0.1, 0.15) is 61.2 Å². The van der Waals surface area contributed by atoms with Crippen LogP contribution >= 0.6 is 27.5 Å². The first-order valence-corrected chi connectivity index (χ1v) is 17.5. The van der Waals surface area contributed by atoms with Crippen LogP contribution in [0.15, 0.2) is 78.2 Å². The summed E-state index contributed by atoms with van der Waals surface area (Å²) >= 11 is 10.1. The normalized spacial score (nSPS) is 18.1. The average Bonchev–Trinajstić information content (AvgIpc) is 3.52. The molecule has 1 aliphatic heterocycles. The van der Waals surface area contributed by atoms with Gasteiger partial charge in [0.05, 0.1) is 18.1 Å². The number of carbonyl (C=O) groups is 2. The fourth-order valence-electron chi connectivity index (χ4n) is 6.62. The van der Waals surface area contributed by atoms with Gasteiger partial charge in [0.1, 0.15) is 11.6 Å². The van der Waals surface area contributed by atoms with Gasteiger partial charge < -0.3 is 14.2 Å². The SMILES string of the molecule is CC(C)(C)OC(=O)N1CCN([C@@H]2c3ccc(Cl)cc3CCc3cc(Br)cnc32)C[C@@H]1C(=O)N(CCCn1ccnc1)Cc1cccnc1. The van der Waals surface area contributed by atoms with E-state index in [4.69, 9.17) is 21.3 Å². The minimum atomic E-state index is -0.781. The number of nitrogens with zero attached hydrogens (tertiary/aromatic N) is 7. The van der Waals surface area contributed by atoms with Gasteiger partial charge in [-0.3, -0.25) is 24.6 Å². The maximum absolute atomic E-state index is 14.8. The third kappa shape index (κ3) is 8.07. The summed E-state index contributed by atoms with van der Waals surface area (Å²) in [5.41, 5.74) is 4.61. The molecule has 48 heavy (non-hydrogen) atoms. The number of hydrogen-bond donors (Lipinski definition) is 0. The van der Waals surface area contributed by atoms with Crippen LogP contribution in [-0.4, -0.2) is 84.0 Å². The van der Waals surface area contributed by atoms with Crippen molar-refractivity contribution in [3.63, 3.8) is 0 Å². The Morgan fingerprint density at radius 3 is 2.65 bits per heavy atom. The molecular formula is C36H41BrClN7O3. The molecule has 0 radical (unpaired) electrons. The van der Waals surface area contributed by atoms with E-state index in [9.17, 15) is 9.59 Å². The van der Waals surface area contributed by atoms with Crippen molar-refractivity contribution in [3.05, 3.63) is 111 Å². The number of ether oxygens (including phenoxy) is 1. The number of imidazole rings is 1. The topological polar surface area (TPSA) is 96.7 Å². The number of rotatable bonds is 8. The number of amides is 2. The van der Waals surface area contributed by atoms with Crippen molar-refractivity contribution in [2.45, 2.75) is 70.8 Å². The summed E-state index contributed by atoms with van der Waals surface area (Å²) < 4.78 is 8.80. The van der Waals surface area contributed by atoms with Crippen molar-refractivity contribution in [1.29, 1.82) is 0 Å². The predicted molar refractivity (Wildman–Crippen MR) is 187 cm³/mol. The van der Waals surface area contributed by atoms with E-state index in [1.54, 1.807) is 29.8 Å². The highest BCUT2D eigenvalue weighted by Gasteiger charge is 2.43. The third-order valence-electron chi connectivity index (χ3n) is 8.79. The van der Waals surface area contributed by atoms with Gasteiger partial charge in [-0.25, -0.2) is 9.78 Å². The molecular weight excluding hydrogens is 694 g/mol. The maximum atomic E-state index is 14.8. The summed E-state index contributed by atoms with van der Waals surface area (Å²) in [6.07, 6.45) is 12.7. The molecule has 2 aliphatic rings. The van der Waals surface area contributed by atoms with Crippen molar-refractivity contribution < 1.29 is 14.3 Å². The van der Waals surface area contributed by atoms with Gasteiger partial charge in [0, 0.05) is 79.7 Å². The molecule has 1 aliphatic carbocycles. The Hall–Kier alpha value is -3.80. The van der Waals surface area contributed by atoms with Crippen LogP contribution in [0.3, 0.4) is 0 Å². The molecule has 1 aromatic carbocycles. The van der Waals surface area contributed by atoms with Gasteiger partial charge in [-0.15, -0.1) is 0 Å². The maximum Gasteiger partial charge on any atom is 0.411 e. The van der Waals surface area contributed by atoms with E-state index < -0.39 is 17.7 Å². The molecule has 12 heteroatoms. The second-order valence-corrected chi connectivity index (χ2v) is 14.8. The van der Waals surface area contributed by atoms with Crippen LogP contribution in [-0.2, 0) is 35.5 Å². The molecule has 252 valence electrons. The zero-order valence-corrected chi connectivity index (χ0v) is 29.9. The number of carbonyl (C=O) groups excluding carboxylic acids is 2. The van der Waals surface area contributed by atoms with Crippen LogP contribution in [0.4, 0.5) is 4.79 Å². The summed E-state index contributed by atoms with van der Waals surface area (Å²) in [5.74, 6) is -0.131. The number of hydrogen-bond acceptors (Lipinski definition) is 7. The van der Waals surface area contributed by atoms with Crippen molar-refractivity contribution in [3.8, 4) is 0 Å². The Bertz CT molecular complexity index is 1680. The van der Waals surface area contributed by atoms with E-state index >= 15 is 0 Å². The van der Waals surface area contributed by atoms with E-state index in [-0.39, 0.29) is 11.9 Å². The molecule has 1 saturated heterocycles. The molecule has 6 rings (SSSR count). The zero-order valence-electron chi connectivity index (χ0n) is 27.6. The van der Waals surface area contributed by atoms with Gasteiger partial charge in [0.15, 0.2) is 0 Å². The Morgan fingerprint density at radius 1 is 1.06 bits per heavy atom. The standard InChI is InChI=1S/C36H41BrClN7O3/c1-36(2,3)48-35(47)45-17-16-43(33-30-10-9-29(38)19-26(30)7-8-27-18-28(37)21-41-32(27)33)23-31(45)34(46)44(22-25-6-4-11-39-20-25)14-5-13-42-15-12-40-24-42/h4,6,9-12,15,18-21,24,31,33H,5,7-8,13-14,16-17,22-23H2,1-3H3/t31-,33-/m1/s1. The molecule has 0 saturated carbocycles. The van der Waals surface area contributed by atoms with Crippen molar-refractivity contribution in [1.82, 2.24) is 34.2 Å². The third-order valence-corrected chi connectivity index (χ3v) is 9.46. The van der Waals surface area contributed by atoms with Gasteiger partial charge >= 0.3 is 6.09 Å². The molecule has 4 aromatic rings. The van der Waals surface area contributed by atoms with Crippen LogP contribution in [0, 0.1) is 0 Å². The smallest absolute Gasteiger partial charge is 0.411 e. The van der Waals surface area contributed by atoms with Crippen LogP contribution in [0.25, 0.3) is 0 Å². The van der Waals surface area contributed by atoms with Gasteiger partial charge in [-0.2, -0.15) is 0 Å². The molecule has 10 nitrogen and oxygen atoms in total. The lowest BCUT2D eigenvalue weighted by Gasteiger charge is -2.45. The highest BCUT2D eigenvalue weighted by atomic mass is 79.9. The molecule has 0 bridgehead atoms. The fraction of sp³-hybridized carbons (Fsp3) is 0.417. The number of aryl methyl sites for hydroxylation is 3. The zero-order chi connectivity index (χ0) is 33.8. The van der Waals surface area contributed by atoms with Crippen LogP contribution in [0.2, 0.25) is 5.02 Å². The van der Waals surface area contributed by atoms with Gasteiger partial charge in [-0.1, -0.05) is 23.7 Å². The molecule has 1 fully saturated rings. The molecule has 4 heterocycles. The lowest BCUT2D eigenvalue weighted by atomic mass is 9.95. The average molecular weight is 735 g/mol. The second-order valence-electron chi connectivity index (χ2n) is 13.4. The highest BCUT2D eigenvalue weighted by Crippen LogP contribution is 2.39. The number of aromatic nitrogens is 4. The Balaban J connectivity index is 1.36. The first-order chi connectivity index (χ1) is 23.1. The lowest BCUT2D eigenvalue weighted by molar-refractivity contribution is -0.140. The minimum Gasteiger partial charge on any atom is -0.444 e.